The number of carbonyl (C=O) groups is 4. The van der Waals surface area contributed by atoms with Crippen LogP contribution < -0.4 is 9.80 Å². The van der Waals surface area contributed by atoms with Gasteiger partial charge in [0.05, 0.1) is 0 Å². The lowest BCUT2D eigenvalue weighted by atomic mass is 9.85. The van der Waals surface area contributed by atoms with Crippen LogP contribution in [0.25, 0.3) is 0 Å². The van der Waals surface area contributed by atoms with Gasteiger partial charge in [0.2, 0.25) is 23.6 Å². The first-order chi connectivity index (χ1) is 19.6. The van der Waals surface area contributed by atoms with Crippen LogP contribution >= 0.6 is 0 Å². The summed E-state index contributed by atoms with van der Waals surface area (Å²) in [6, 6.07) is 0. The highest BCUT2D eigenvalue weighted by Crippen LogP contribution is 2.37. The van der Waals surface area contributed by atoms with Crippen molar-refractivity contribution in [2.75, 3.05) is 9.80 Å². The largest absolute Gasteiger partial charge is 0.274 e. The number of nitrogens with zero attached hydrogens (tertiary/aromatic N) is 4. The van der Waals surface area contributed by atoms with E-state index in [9.17, 15) is 19.2 Å². The summed E-state index contributed by atoms with van der Waals surface area (Å²) < 4.78 is 0. The van der Waals surface area contributed by atoms with E-state index in [1.165, 1.54) is 22.2 Å². The maximum atomic E-state index is 14.1. The van der Waals surface area contributed by atoms with Crippen LogP contribution in [0.4, 0.5) is 11.6 Å². The molecule has 4 aliphatic carbocycles. The summed E-state index contributed by atoms with van der Waals surface area (Å²) in [6.07, 6.45) is 21.0. The summed E-state index contributed by atoms with van der Waals surface area (Å²) in [7, 11) is 0. The topological polar surface area (TPSA) is 101 Å². The molecular formula is C32H46N4O4. The van der Waals surface area contributed by atoms with E-state index >= 15 is 0 Å². The third kappa shape index (κ3) is 6.46. The van der Waals surface area contributed by atoms with Crippen LogP contribution in [0, 0.1) is 23.7 Å². The molecule has 218 valence electrons. The molecule has 0 saturated heterocycles. The van der Waals surface area contributed by atoms with Crippen molar-refractivity contribution in [2.45, 2.75) is 128 Å². The van der Waals surface area contributed by atoms with Crippen molar-refractivity contribution in [3.63, 3.8) is 0 Å². The molecule has 0 N–H and O–H groups in total. The van der Waals surface area contributed by atoms with Gasteiger partial charge in [-0.05, 0) is 51.4 Å². The van der Waals surface area contributed by atoms with Crippen molar-refractivity contribution < 1.29 is 19.2 Å². The Hall–Kier alpha value is -2.64. The number of anilines is 2. The van der Waals surface area contributed by atoms with E-state index in [1.54, 1.807) is 0 Å². The van der Waals surface area contributed by atoms with Gasteiger partial charge in [0.25, 0.3) is 0 Å². The Kier molecular flexibility index (Phi) is 9.97. The number of carbonyl (C=O) groups excluding carboxylic acids is 4. The van der Waals surface area contributed by atoms with Gasteiger partial charge < -0.3 is 0 Å². The Morgan fingerprint density at radius 1 is 0.425 bits per heavy atom. The van der Waals surface area contributed by atoms with E-state index in [0.717, 1.165) is 128 Å². The average Bonchev–Trinajstić information content (AvgIpc) is 3.03. The van der Waals surface area contributed by atoms with Gasteiger partial charge in [-0.2, -0.15) is 0 Å². The molecule has 1 aromatic heterocycles. The predicted octanol–water partition coefficient (Wildman–Crippen LogP) is 6.52. The molecule has 0 aromatic carbocycles. The standard InChI is InChI=1S/C32H46N4O4/c37-29(23-13-5-1-6-14-23)35(30(38)24-15-7-2-8-16-24)27-28(34-22-21-33-27)36(31(39)25-17-9-3-10-18-25)32(40)26-19-11-4-12-20-26/h21-26H,1-20H2. The van der Waals surface area contributed by atoms with Crippen molar-refractivity contribution >= 4 is 35.3 Å². The highest BCUT2D eigenvalue weighted by molar-refractivity contribution is 6.21. The first-order valence-electron chi connectivity index (χ1n) is 16.1. The van der Waals surface area contributed by atoms with Gasteiger partial charge in [-0.1, -0.05) is 77.0 Å². The lowest BCUT2D eigenvalue weighted by Gasteiger charge is -2.35. The van der Waals surface area contributed by atoms with Gasteiger partial charge in [-0.15, -0.1) is 0 Å². The molecule has 0 unspecified atom stereocenters. The molecule has 1 aromatic rings. The summed E-state index contributed by atoms with van der Waals surface area (Å²) in [6.45, 7) is 0. The molecule has 0 radical (unpaired) electrons. The van der Waals surface area contributed by atoms with Crippen LogP contribution in [-0.2, 0) is 19.2 Å². The van der Waals surface area contributed by atoms with Crippen LogP contribution in [-0.4, -0.2) is 33.6 Å². The first-order valence-corrected chi connectivity index (χ1v) is 16.1. The molecular weight excluding hydrogens is 504 g/mol. The normalized spacial score (nSPS) is 22.0. The second-order valence-electron chi connectivity index (χ2n) is 12.6. The number of aromatic nitrogens is 2. The molecule has 0 spiro atoms. The van der Waals surface area contributed by atoms with Gasteiger partial charge in [0, 0.05) is 36.1 Å². The molecule has 5 rings (SSSR count). The van der Waals surface area contributed by atoms with Gasteiger partial charge >= 0.3 is 0 Å². The van der Waals surface area contributed by atoms with E-state index in [1.807, 2.05) is 0 Å². The summed E-state index contributed by atoms with van der Waals surface area (Å²) in [5.41, 5.74) is 0. The van der Waals surface area contributed by atoms with E-state index in [2.05, 4.69) is 9.97 Å². The molecule has 4 amide bonds. The quantitative estimate of drug-likeness (QED) is 0.374. The molecule has 4 saturated carbocycles. The fourth-order valence-corrected chi connectivity index (χ4v) is 7.40. The fourth-order valence-electron chi connectivity index (χ4n) is 7.40. The smallest absolute Gasteiger partial charge is 0.238 e. The fraction of sp³-hybridized carbons (Fsp3) is 0.750. The summed E-state index contributed by atoms with van der Waals surface area (Å²) >= 11 is 0. The van der Waals surface area contributed by atoms with E-state index in [4.69, 9.17) is 0 Å². The number of rotatable bonds is 6. The Morgan fingerprint density at radius 2 is 0.650 bits per heavy atom. The highest BCUT2D eigenvalue weighted by Gasteiger charge is 2.42. The zero-order valence-electron chi connectivity index (χ0n) is 24.0. The lowest BCUT2D eigenvalue weighted by Crippen LogP contribution is -2.49. The molecule has 4 aliphatic rings. The molecule has 0 atom stereocenters. The van der Waals surface area contributed by atoms with Crippen molar-refractivity contribution in [3.05, 3.63) is 12.4 Å². The molecule has 0 aliphatic heterocycles. The van der Waals surface area contributed by atoms with E-state index in [-0.39, 0.29) is 58.9 Å². The number of hydrogen-bond donors (Lipinski definition) is 0. The van der Waals surface area contributed by atoms with Crippen molar-refractivity contribution in [3.8, 4) is 0 Å². The van der Waals surface area contributed by atoms with Crippen molar-refractivity contribution in [1.29, 1.82) is 0 Å². The average molecular weight is 551 g/mol. The Labute approximate surface area is 238 Å². The number of amides is 4. The minimum absolute atomic E-state index is 0.0713. The predicted molar refractivity (Wildman–Crippen MR) is 153 cm³/mol. The summed E-state index contributed by atoms with van der Waals surface area (Å²) in [4.78, 5) is 68.2. The van der Waals surface area contributed by atoms with E-state index in [0.29, 0.717) is 0 Å². The molecule has 8 nitrogen and oxygen atoms in total. The summed E-state index contributed by atoms with van der Waals surface area (Å²) in [5, 5.41) is 0. The minimum atomic E-state index is -0.257. The zero-order valence-corrected chi connectivity index (χ0v) is 24.0. The van der Waals surface area contributed by atoms with E-state index < -0.39 is 0 Å². The Morgan fingerprint density at radius 3 is 0.875 bits per heavy atom. The molecule has 8 heteroatoms. The maximum Gasteiger partial charge on any atom is 0.238 e. The molecule has 4 fully saturated rings. The molecule has 1 heterocycles. The highest BCUT2D eigenvalue weighted by atomic mass is 16.2. The van der Waals surface area contributed by atoms with Gasteiger partial charge in [-0.3, -0.25) is 19.2 Å². The van der Waals surface area contributed by atoms with Gasteiger partial charge in [0.15, 0.2) is 11.6 Å². The van der Waals surface area contributed by atoms with Crippen molar-refractivity contribution in [1.82, 2.24) is 9.97 Å². The Balaban J connectivity index is 1.56. The maximum absolute atomic E-state index is 14.1. The van der Waals surface area contributed by atoms with Gasteiger partial charge in [-0.25, -0.2) is 19.8 Å². The molecule has 0 bridgehead atoms. The van der Waals surface area contributed by atoms with Crippen molar-refractivity contribution in [2.24, 2.45) is 23.7 Å². The lowest BCUT2D eigenvalue weighted by molar-refractivity contribution is -0.134. The van der Waals surface area contributed by atoms with Crippen LogP contribution in [0.5, 0.6) is 0 Å². The Bertz CT molecular complexity index is 908. The minimum Gasteiger partial charge on any atom is -0.274 e. The van der Waals surface area contributed by atoms with Crippen LogP contribution in [0.2, 0.25) is 0 Å². The number of hydrogen-bond acceptors (Lipinski definition) is 6. The zero-order chi connectivity index (χ0) is 27.9. The van der Waals surface area contributed by atoms with Gasteiger partial charge in [0.1, 0.15) is 0 Å². The molecule has 40 heavy (non-hydrogen) atoms. The third-order valence-corrected chi connectivity index (χ3v) is 9.78. The third-order valence-electron chi connectivity index (χ3n) is 9.78. The van der Waals surface area contributed by atoms with Crippen LogP contribution in [0.3, 0.4) is 0 Å². The number of imide groups is 2. The van der Waals surface area contributed by atoms with Crippen LogP contribution in [0.1, 0.15) is 128 Å². The second-order valence-corrected chi connectivity index (χ2v) is 12.6. The second kappa shape index (κ2) is 13.8. The SMILES string of the molecule is O=C(C1CCCCC1)N(C(=O)C1CCCCC1)c1nccnc1N(C(=O)C1CCCCC1)C(=O)C1CCCCC1. The summed E-state index contributed by atoms with van der Waals surface area (Å²) in [5.74, 6) is -1.86. The first kappa shape index (κ1) is 28.9. The van der Waals surface area contributed by atoms with Crippen LogP contribution in [0.15, 0.2) is 12.4 Å². The monoisotopic (exact) mass is 550 g/mol.